The average Bonchev–Trinajstić information content (AvgIpc) is 2.89. The molecule has 0 bridgehead atoms. The summed E-state index contributed by atoms with van der Waals surface area (Å²) in [6, 6.07) is 1.30. The summed E-state index contributed by atoms with van der Waals surface area (Å²) in [6.45, 7) is 2.68. The molecule has 1 aromatic rings. The fourth-order valence-electron chi connectivity index (χ4n) is 2.38. The van der Waals surface area contributed by atoms with E-state index in [1.54, 1.807) is 11.9 Å². The van der Waals surface area contributed by atoms with E-state index >= 15 is 0 Å². The standard InChI is InChI=1S/C13H19N3O5S/c1-10(17)15-4-6-16(7-5-15)22(19,20)11-8-12(13(18)21-3)14(2)9-11/h8-9H,4-7H2,1-3H3. The lowest BCUT2D eigenvalue weighted by molar-refractivity contribution is -0.129. The smallest absolute Gasteiger partial charge is 0.354 e. The van der Waals surface area contributed by atoms with Gasteiger partial charge in [-0.25, -0.2) is 13.2 Å². The Kier molecular flexibility index (Phi) is 4.57. The van der Waals surface area contributed by atoms with Gasteiger partial charge in [-0.15, -0.1) is 0 Å². The van der Waals surface area contributed by atoms with E-state index in [9.17, 15) is 18.0 Å². The Morgan fingerprint density at radius 1 is 1.18 bits per heavy atom. The van der Waals surface area contributed by atoms with Crippen LogP contribution in [0.2, 0.25) is 0 Å². The minimum atomic E-state index is -3.69. The number of ether oxygens (including phenoxy) is 1. The van der Waals surface area contributed by atoms with Crippen molar-refractivity contribution in [1.29, 1.82) is 0 Å². The molecule has 9 heteroatoms. The molecule has 1 aromatic heterocycles. The van der Waals surface area contributed by atoms with Crippen LogP contribution < -0.4 is 0 Å². The third kappa shape index (κ3) is 3.00. The van der Waals surface area contributed by atoms with Gasteiger partial charge in [0.2, 0.25) is 15.9 Å². The Morgan fingerprint density at radius 2 is 1.77 bits per heavy atom. The second-order valence-corrected chi connectivity index (χ2v) is 7.01. The topological polar surface area (TPSA) is 88.9 Å². The molecule has 0 N–H and O–H groups in total. The van der Waals surface area contributed by atoms with E-state index in [0.29, 0.717) is 13.1 Å². The number of rotatable bonds is 3. The van der Waals surface area contributed by atoms with Gasteiger partial charge in [0.1, 0.15) is 10.6 Å². The van der Waals surface area contributed by atoms with Crippen LogP contribution in [0.4, 0.5) is 0 Å². The first kappa shape index (κ1) is 16.5. The SMILES string of the molecule is COC(=O)c1cc(S(=O)(=O)N2CCN(C(C)=O)CC2)cn1C. The highest BCUT2D eigenvalue weighted by molar-refractivity contribution is 7.89. The summed E-state index contributed by atoms with van der Waals surface area (Å²) >= 11 is 0. The number of aryl methyl sites for hydroxylation is 1. The molecule has 122 valence electrons. The number of piperazine rings is 1. The van der Waals surface area contributed by atoms with E-state index < -0.39 is 16.0 Å². The Morgan fingerprint density at radius 3 is 2.27 bits per heavy atom. The summed E-state index contributed by atoms with van der Waals surface area (Å²) < 4.78 is 32.6. The van der Waals surface area contributed by atoms with Gasteiger partial charge in [-0.2, -0.15) is 4.31 Å². The second-order valence-electron chi connectivity index (χ2n) is 5.07. The number of aromatic nitrogens is 1. The van der Waals surface area contributed by atoms with Crippen molar-refractivity contribution in [1.82, 2.24) is 13.8 Å². The number of carbonyl (C=O) groups excluding carboxylic acids is 2. The van der Waals surface area contributed by atoms with Crippen LogP contribution >= 0.6 is 0 Å². The zero-order valence-corrected chi connectivity index (χ0v) is 13.6. The lowest BCUT2D eigenvalue weighted by atomic mass is 10.3. The van der Waals surface area contributed by atoms with Gasteiger partial charge in [0.15, 0.2) is 0 Å². The monoisotopic (exact) mass is 329 g/mol. The normalized spacial score (nSPS) is 16.6. The number of nitrogens with zero attached hydrogens (tertiary/aromatic N) is 3. The van der Waals surface area contributed by atoms with Crippen LogP contribution in [0.3, 0.4) is 0 Å². The third-order valence-electron chi connectivity index (χ3n) is 3.70. The number of methoxy groups -OCH3 is 1. The molecular weight excluding hydrogens is 310 g/mol. The minimum absolute atomic E-state index is 0.0478. The van der Waals surface area contributed by atoms with Gasteiger partial charge in [0, 0.05) is 46.3 Å². The van der Waals surface area contributed by atoms with Crippen LogP contribution in [0.1, 0.15) is 17.4 Å². The number of hydrogen-bond acceptors (Lipinski definition) is 5. The van der Waals surface area contributed by atoms with E-state index in [-0.39, 0.29) is 29.6 Å². The molecule has 1 fully saturated rings. The van der Waals surface area contributed by atoms with Crippen LogP contribution in [-0.4, -0.2) is 67.4 Å². The van der Waals surface area contributed by atoms with E-state index in [2.05, 4.69) is 4.74 Å². The molecule has 0 unspecified atom stereocenters. The van der Waals surface area contributed by atoms with Crippen molar-refractivity contribution in [3.8, 4) is 0 Å². The van der Waals surface area contributed by atoms with Gasteiger partial charge in [0.25, 0.3) is 0 Å². The zero-order valence-electron chi connectivity index (χ0n) is 12.8. The highest BCUT2D eigenvalue weighted by Crippen LogP contribution is 2.20. The number of hydrogen-bond donors (Lipinski definition) is 0. The van der Waals surface area contributed by atoms with Crippen LogP contribution in [0.25, 0.3) is 0 Å². The van der Waals surface area contributed by atoms with Crippen LogP contribution in [0.5, 0.6) is 0 Å². The fraction of sp³-hybridized carbons (Fsp3) is 0.538. The summed E-state index contributed by atoms with van der Waals surface area (Å²) in [7, 11) is -0.865. The largest absolute Gasteiger partial charge is 0.464 e. The predicted octanol–water partition coefficient (Wildman–Crippen LogP) is -0.335. The molecule has 1 aliphatic rings. The number of carbonyl (C=O) groups is 2. The maximum atomic E-state index is 12.6. The van der Waals surface area contributed by atoms with E-state index in [1.807, 2.05) is 0 Å². The molecule has 1 aliphatic heterocycles. The van der Waals surface area contributed by atoms with Gasteiger partial charge in [0.05, 0.1) is 7.11 Å². The Labute approximate surface area is 129 Å². The van der Waals surface area contributed by atoms with Crippen molar-refractivity contribution in [3.05, 3.63) is 18.0 Å². The molecule has 0 aromatic carbocycles. The highest BCUT2D eigenvalue weighted by Gasteiger charge is 2.31. The molecule has 0 spiro atoms. The average molecular weight is 329 g/mol. The fourth-order valence-corrected chi connectivity index (χ4v) is 3.87. The Balaban J connectivity index is 2.21. The molecule has 0 saturated carbocycles. The molecule has 22 heavy (non-hydrogen) atoms. The van der Waals surface area contributed by atoms with Crippen molar-refractivity contribution in [2.24, 2.45) is 7.05 Å². The predicted molar refractivity (Wildman–Crippen MR) is 77.8 cm³/mol. The van der Waals surface area contributed by atoms with E-state index in [1.165, 1.54) is 35.2 Å². The quantitative estimate of drug-likeness (QED) is 0.708. The number of amides is 1. The van der Waals surface area contributed by atoms with Crippen molar-refractivity contribution in [3.63, 3.8) is 0 Å². The summed E-state index contributed by atoms with van der Waals surface area (Å²) in [5.41, 5.74) is 0.170. The first-order valence-electron chi connectivity index (χ1n) is 6.77. The van der Waals surface area contributed by atoms with E-state index in [0.717, 1.165) is 0 Å². The van der Waals surface area contributed by atoms with Crippen molar-refractivity contribution in [2.75, 3.05) is 33.3 Å². The summed E-state index contributed by atoms with van der Waals surface area (Å²) in [4.78, 5) is 24.5. The van der Waals surface area contributed by atoms with Gasteiger partial charge >= 0.3 is 5.97 Å². The molecule has 2 heterocycles. The number of esters is 1. The van der Waals surface area contributed by atoms with Crippen LogP contribution in [-0.2, 0) is 26.6 Å². The third-order valence-corrected chi connectivity index (χ3v) is 5.56. The first-order chi connectivity index (χ1) is 10.3. The molecule has 2 rings (SSSR count). The molecule has 0 atom stereocenters. The van der Waals surface area contributed by atoms with Gasteiger partial charge < -0.3 is 14.2 Å². The first-order valence-corrected chi connectivity index (χ1v) is 8.21. The molecule has 8 nitrogen and oxygen atoms in total. The Hall–Kier alpha value is -1.87. The molecule has 0 radical (unpaired) electrons. The Bertz CT molecular complexity index is 687. The highest BCUT2D eigenvalue weighted by atomic mass is 32.2. The maximum Gasteiger partial charge on any atom is 0.354 e. The van der Waals surface area contributed by atoms with Crippen molar-refractivity contribution >= 4 is 21.9 Å². The van der Waals surface area contributed by atoms with Crippen LogP contribution in [0, 0.1) is 0 Å². The molecule has 1 amide bonds. The summed E-state index contributed by atoms with van der Waals surface area (Å²) in [5.74, 6) is -0.657. The van der Waals surface area contributed by atoms with Crippen molar-refractivity contribution in [2.45, 2.75) is 11.8 Å². The van der Waals surface area contributed by atoms with Gasteiger partial charge in [-0.05, 0) is 6.07 Å². The lowest BCUT2D eigenvalue weighted by Crippen LogP contribution is -2.49. The second kappa shape index (κ2) is 6.09. The van der Waals surface area contributed by atoms with E-state index in [4.69, 9.17) is 0 Å². The maximum absolute atomic E-state index is 12.6. The number of sulfonamides is 1. The van der Waals surface area contributed by atoms with Gasteiger partial charge in [-0.1, -0.05) is 0 Å². The molecule has 0 aliphatic carbocycles. The zero-order chi connectivity index (χ0) is 16.5. The minimum Gasteiger partial charge on any atom is -0.464 e. The lowest BCUT2D eigenvalue weighted by Gasteiger charge is -2.33. The molecular formula is C13H19N3O5S. The van der Waals surface area contributed by atoms with Crippen LogP contribution in [0.15, 0.2) is 17.2 Å². The van der Waals surface area contributed by atoms with Gasteiger partial charge in [-0.3, -0.25) is 4.79 Å². The summed E-state index contributed by atoms with van der Waals surface area (Å²) in [6.07, 6.45) is 1.39. The van der Waals surface area contributed by atoms with Crippen molar-refractivity contribution < 1.29 is 22.7 Å². The molecule has 1 saturated heterocycles. The summed E-state index contributed by atoms with van der Waals surface area (Å²) in [5, 5.41) is 0.